The first kappa shape index (κ1) is 17.3. The molecule has 0 spiro atoms. The second kappa shape index (κ2) is 7.14. The van der Waals surface area contributed by atoms with Gasteiger partial charge in [-0.15, -0.1) is 0 Å². The number of hydrogen-bond acceptors (Lipinski definition) is 3. The fraction of sp³-hybridized carbons (Fsp3) is 0.650. The SMILES string of the molecule is Cc1c(O)cccc1C(=O)N1CCCN(CC2CC2)C(C(C)C)C1. The van der Waals surface area contributed by atoms with Crippen molar-refractivity contribution < 1.29 is 9.90 Å². The Morgan fingerprint density at radius 1 is 1.29 bits per heavy atom. The quantitative estimate of drug-likeness (QED) is 0.921. The van der Waals surface area contributed by atoms with Crippen molar-refractivity contribution >= 4 is 5.91 Å². The Balaban J connectivity index is 1.77. The molecule has 132 valence electrons. The lowest BCUT2D eigenvalue weighted by Crippen LogP contribution is -2.46. The topological polar surface area (TPSA) is 43.8 Å². The maximum absolute atomic E-state index is 13.0. The molecular formula is C20H30N2O2. The van der Waals surface area contributed by atoms with Crippen LogP contribution in [0.5, 0.6) is 5.75 Å². The summed E-state index contributed by atoms with van der Waals surface area (Å²) in [5, 5.41) is 9.91. The molecule has 24 heavy (non-hydrogen) atoms. The summed E-state index contributed by atoms with van der Waals surface area (Å²) >= 11 is 0. The van der Waals surface area contributed by atoms with Gasteiger partial charge in [0.05, 0.1) is 0 Å². The Morgan fingerprint density at radius 3 is 2.71 bits per heavy atom. The average Bonchev–Trinajstić information content (AvgIpc) is 3.37. The van der Waals surface area contributed by atoms with Crippen molar-refractivity contribution in [1.29, 1.82) is 0 Å². The molecule has 4 nitrogen and oxygen atoms in total. The van der Waals surface area contributed by atoms with E-state index in [0.29, 0.717) is 23.1 Å². The van der Waals surface area contributed by atoms with Crippen LogP contribution in [0, 0.1) is 18.8 Å². The minimum atomic E-state index is 0.0577. The molecule has 2 fully saturated rings. The lowest BCUT2D eigenvalue weighted by atomic mass is 10.0. The summed E-state index contributed by atoms with van der Waals surface area (Å²) in [5.41, 5.74) is 1.32. The minimum Gasteiger partial charge on any atom is -0.508 e. The molecule has 3 rings (SSSR count). The maximum Gasteiger partial charge on any atom is 0.254 e. The van der Waals surface area contributed by atoms with Gasteiger partial charge in [0, 0.05) is 43.3 Å². The third kappa shape index (κ3) is 3.75. The number of carbonyl (C=O) groups is 1. The summed E-state index contributed by atoms with van der Waals surface area (Å²) < 4.78 is 0. The third-order valence-corrected chi connectivity index (χ3v) is 5.53. The molecule has 1 N–H and O–H groups in total. The zero-order valence-corrected chi connectivity index (χ0v) is 15.2. The van der Waals surface area contributed by atoms with Gasteiger partial charge in [0.25, 0.3) is 5.91 Å². The van der Waals surface area contributed by atoms with Crippen molar-refractivity contribution in [3.63, 3.8) is 0 Å². The lowest BCUT2D eigenvalue weighted by Gasteiger charge is -2.34. The van der Waals surface area contributed by atoms with Gasteiger partial charge >= 0.3 is 0 Å². The lowest BCUT2D eigenvalue weighted by molar-refractivity contribution is 0.0703. The molecule has 0 bridgehead atoms. The second-order valence-electron chi connectivity index (χ2n) is 7.80. The summed E-state index contributed by atoms with van der Waals surface area (Å²) in [6.45, 7) is 10.2. The van der Waals surface area contributed by atoms with Crippen LogP contribution in [0.25, 0.3) is 0 Å². The summed E-state index contributed by atoms with van der Waals surface area (Å²) in [6.07, 6.45) is 3.76. The molecule has 0 aromatic heterocycles. The van der Waals surface area contributed by atoms with E-state index in [0.717, 1.165) is 32.0 Å². The Morgan fingerprint density at radius 2 is 2.04 bits per heavy atom. The van der Waals surface area contributed by atoms with Crippen LogP contribution in [0.15, 0.2) is 18.2 Å². The number of carbonyl (C=O) groups excluding carboxylic acids is 1. The van der Waals surface area contributed by atoms with E-state index in [1.165, 1.54) is 19.4 Å². The van der Waals surface area contributed by atoms with Crippen molar-refractivity contribution in [2.75, 3.05) is 26.2 Å². The normalized spacial score (nSPS) is 22.7. The molecule has 4 heteroatoms. The molecule has 0 radical (unpaired) electrons. The molecule has 1 amide bonds. The molecule has 1 heterocycles. The first-order valence-corrected chi connectivity index (χ1v) is 9.29. The highest BCUT2D eigenvalue weighted by Gasteiger charge is 2.33. The predicted molar refractivity (Wildman–Crippen MR) is 96.3 cm³/mol. The molecule has 2 aliphatic rings. The molecule has 1 aromatic rings. The monoisotopic (exact) mass is 330 g/mol. The Labute approximate surface area is 145 Å². The smallest absolute Gasteiger partial charge is 0.254 e. The Kier molecular flexibility index (Phi) is 5.14. The van der Waals surface area contributed by atoms with E-state index in [1.54, 1.807) is 12.1 Å². The van der Waals surface area contributed by atoms with Gasteiger partial charge in [0.1, 0.15) is 5.75 Å². The van der Waals surface area contributed by atoms with E-state index in [9.17, 15) is 9.90 Å². The number of phenolic OH excluding ortho intramolecular Hbond substituents is 1. The Hall–Kier alpha value is -1.55. The largest absolute Gasteiger partial charge is 0.508 e. The first-order valence-electron chi connectivity index (χ1n) is 9.29. The van der Waals surface area contributed by atoms with Crippen LogP contribution < -0.4 is 0 Å². The van der Waals surface area contributed by atoms with E-state index in [4.69, 9.17) is 0 Å². The number of amides is 1. The third-order valence-electron chi connectivity index (χ3n) is 5.53. The standard InChI is InChI=1S/C20H30N2O2/c1-14(2)18-13-22(11-5-10-21(18)12-16-8-9-16)20(24)17-6-4-7-19(23)15(17)3/h4,6-7,14,16,18,23H,5,8-13H2,1-3H3. The van der Waals surface area contributed by atoms with Crippen molar-refractivity contribution in [2.24, 2.45) is 11.8 Å². The predicted octanol–water partition coefficient (Wildman–Crippen LogP) is 3.28. The fourth-order valence-electron chi connectivity index (χ4n) is 3.76. The number of benzene rings is 1. The zero-order valence-electron chi connectivity index (χ0n) is 15.2. The highest BCUT2D eigenvalue weighted by atomic mass is 16.3. The van der Waals surface area contributed by atoms with Gasteiger partial charge < -0.3 is 10.0 Å². The fourth-order valence-corrected chi connectivity index (χ4v) is 3.76. The van der Waals surface area contributed by atoms with E-state index < -0.39 is 0 Å². The molecule has 1 aliphatic carbocycles. The summed E-state index contributed by atoms with van der Waals surface area (Å²) in [4.78, 5) is 17.6. The molecular weight excluding hydrogens is 300 g/mol. The van der Waals surface area contributed by atoms with Gasteiger partial charge in [-0.05, 0) is 50.2 Å². The van der Waals surface area contributed by atoms with Crippen LogP contribution in [0.1, 0.15) is 49.0 Å². The van der Waals surface area contributed by atoms with Crippen LogP contribution in [0.3, 0.4) is 0 Å². The molecule has 1 unspecified atom stereocenters. The number of aromatic hydroxyl groups is 1. The molecule has 1 atom stereocenters. The van der Waals surface area contributed by atoms with E-state index >= 15 is 0 Å². The van der Waals surface area contributed by atoms with Gasteiger partial charge in [-0.25, -0.2) is 0 Å². The number of hydrogen-bond donors (Lipinski definition) is 1. The number of rotatable bonds is 4. The highest BCUT2D eigenvalue weighted by Crippen LogP contribution is 2.32. The molecule has 1 aromatic carbocycles. The van der Waals surface area contributed by atoms with Crippen molar-refractivity contribution in [3.8, 4) is 5.75 Å². The van der Waals surface area contributed by atoms with Crippen LogP contribution in [-0.4, -0.2) is 53.0 Å². The Bertz CT molecular complexity index is 595. The maximum atomic E-state index is 13.0. The van der Waals surface area contributed by atoms with Crippen LogP contribution in [0.2, 0.25) is 0 Å². The second-order valence-corrected chi connectivity index (χ2v) is 7.80. The average molecular weight is 330 g/mol. The number of phenols is 1. The summed E-state index contributed by atoms with van der Waals surface area (Å²) in [5.74, 6) is 1.66. The van der Waals surface area contributed by atoms with Gasteiger partial charge in [-0.2, -0.15) is 0 Å². The number of nitrogens with zero attached hydrogens (tertiary/aromatic N) is 2. The summed E-state index contributed by atoms with van der Waals surface area (Å²) in [7, 11) is 0. The van der Waals surface area contributed by atoms with E-state index in [2.05, 4.69) is 18.7 Å². The van der Waals surface area contributed by atoms with Crippen molar-refractivity contribution in [3.05, 3.63) is 29.3 Å². The van der Waals surface area contributed by atoms with Gasteiger partial charge in [-0.1, -0.05) is 19.9 Å². The zero-order chi connectivity index (χ0) is 17.3. The first-order chi connectivity index (χ1) is 11.5. The van der Waals surface area contributed by atoms with Crippen LogP contribution in [0.4, 0.5) is 0 Å². The minimum absolute atomic E-state index is 0.0577. The van der Waals surface area contributed by atoms with Crippen LogP contribution in [-0.2, 0) is 0 Å². The molecule has 1 saturated heterocycles. The molecule has 1 aliphatic heterocycles. The van der Waals surface area contributed by atoms with E-state index in [1.807, 2.05) is 17.9 Å². The van der Waals surface area contributed by atoms with Gasteiger partial charge in [-0.3, -0.25) is 9.69 Å². The summed E-state index contributed by atoms with van der Waals surface area (Å²) in [6, 6.07) is 5.65. The van der Waals surface area contributed by atoms with Gasteiger partial charge in [0.2, 0.25) is 0 Å². The van der Waals surface area contributed by atoms with Crippen molar-refractivity contribution in [2.45, 2.75) is 46.1 Å². The molecule has 1 saturated carbocycles. The highest BCUT2D eigenvalue weighted by molar-refractivity contribution is 5.96. The van der Waals surface area contributed by atoms with E-state index in [-0.39, 0.29) is 11.7 Å². The van der Waals surface area contributed by atoms with Crippen molar-refractivity contribution in [1.82, 2.24) is 9.80 Å². The van der Waals surface area contributed by atoms with Crippen LogP contribution >= 0.6 is 0 Å². The van der Waals surface area contributed by atoms with Gasteiger partial charge in [0.15, 0.2) is 0 Å².